The van der Waals surface area contributed by atoms with Gasteiger partial charge in [-0.1, -0.05) is 45.0 Å². The molecule has 0 aliphatic rings. The van der Waals surface area contributed by atoms with Crippen molar-refractivity contribution in [1.82, 2.24) is 4.31 Å². The van der Waals surface area contributed by atoms with Gasteiger partial charge in [0.2, 0.25) is 10.0 Å². The summed E-state index contributed by atoms with van der Waals surface area (Å²) in [6.45, 7) is 8.11. The first-order valence-electron chi connectivity index (χ1n) is 10.00. The highest BCUT2D eigenvalue weighted by Gasteiger charge is 2.25. The summed E-state index contributed by atoms with van der Waals surface area (Å²) in [5, 5.41) is 0. The zero-order chi connectivity index (χ0) is 23.3. The monoisotopic (exact) mass is 469 g/mol. The molecule has 0 N–H and O–H groups in total. The molecule has 0 aromatic heterocycles. The topological polar surface area (TPSA) is 90.0 Å². The molecule has 0 bridgehead atoms. The molecule has 0 saturated carbocycles. The van der Waals surface area contributed by atoms with E-state index in [9.17, 15) is 16.8 Å². The Bertz CT molecular complexity index is 1070. The van der Waals surface area contributed by atoms with Gasteiger partial charge in [-0.05, 0) is 47.7 Å². The standard InChI is InChI=1S/C22H31NO6S2/c1-6-30(24,25)29-20-9-7-8-18(16-20)17-23(14-15-28-5)31(26,27)21-12-10-19(11-13-21)22(2,3)4/h7-13,16H,6,14-15,17H2,1-5H3. The van der Waals surface area contributed by atoms with Crippen LogP contribution >= 0.6 is 0 Å². The molecule has 172 valence electrons. The largest absolute Gasteiger partial charge is 0.383 e. The van der Waals surface area contributed by atoms with E-state index >= 15 is 0 Å². The maximum Gasteiger partial charge on any atom is 0.308 e. The molecular formula is C22H31NO6S2. The maximum atomic E-state index is 13.3. The smallest absolute Gasteiger partial charge is 0.308 e. The number of sulfonamides is 1. The lowest BCUT2D eigenvalue weighted by Crippen LogP contribution is -2.33. The summed E-state index contributed by atoms with van der Waals surface area (Å²) in [5.41, 5.74) is 1.56. The Kier molecular flexibility index (Phi) is 8.27. The zero-order valence-electron chi connectivity index (χ0n) is 18.7. The van der Waals surface area contributed by atoms with Crippen LogP contribution in [0.1, 0.15) is 38.8 Å². The summed E-state index contributed by atoms with van der Waals surface area (Å²) >= 11 is 0. The van der Waals surface area contributed by atoms with Gasteiger partial charge in [-0.3, -0.25) is 0 Å². The number of nitrogens with zero attached hydrogens (tertiary/aromatic N) is 1. The summed E-state index contributed by atoms with van der Waals surface area (Å²) in [6, 6.07) is 13.3. The average molecular weight is 470 g/mol. The first-order chi connectivity index (χ1) is 14.4. The van der Waals surface area contributed by atoms with Gasteiger partial charge in [0.15, 0.2) is 0 Å². The first kappa shape index (κ1) is 25.3. The van der Waals surface area contributed by atoms with Crippen molar-refractivity contribution in [3.8, 4) is 5.75 Å². The highest BCUT2D eigenvalue weighted by Crippen LogP contribution is 2.26. The average Bonchev–Trinajstić information content (AvgIpc) is 2.70. The number of methoxy groups -OCH3 is 1. The Morgan fingerprint density at radius 1 is 0.968 bits per heavy atom. The third-order valence-electron chi connectivity index (χ3n) is 4.74. The van der Waals surface area contributed by atoms with Crippen molar-refractivity contribution in [3.63, 3.8) is 0 Å². The molecule has 0 atom stereocenters. The Hall–Kier alpha value is -1.94. The van der Waals surface area contributed by atoms with Crippen LogP contribution in [0.4, 0.5) is 0 Å². The van der Waals surface area contributed by atoms with Crippen LogP contribution in [0.25, 0.3) is 0 Å². The molecule has 0 aliphatic carbocycles. The highest BCUT2D eigenvalue weighted by atomic mass is 32.2. The van der Waals surface area contributed by atoms with E-state index in [2.05, 4.69) is 20.8 Å². The van der Waals surface area contributed by atoms with E-state index in [4.69, 9.17) is 8.92 Å². The molecule has 7 nitrogen and oxygen atoms in total. The van der Waals surface area contributed by atoms with Crippen molar-refractivity contribution >= 4 is 20.1 Å². The Labute approximate surface area is 186 Å². The molecule has 2 aromatic carbocycles. The molecule has 31 heavy (non-hydrogen) atoms. The van der Waals surface area contributed by atoms with Crippen LogP contribution in [0, 0.1) is 0 Å². The minimum absolute atomic E-state index is 0.0517. The lowest BCUT2D eigenvalue weighted by Gasteiger charge is -2.23. The molecule has 2 rings (SSSR count). The van der Waals surface area contributed by atoms with Crippen LogP contribution in [-0.4, -0.2) is 47.2 Å². The van der Waals surface area contributed by atoms with Crippen molar-refractivity contribution in [2.75, 3.05) is 26.0 Å². The Morgan fingerprint density at radius 3 is 2.16 bits per heavy atom. The molecule has 0 radical (unpaired) electrons. The van der Waals surface area contributed by atoms with Gasteiger partial charge in [-0.2, -0.15) is 12.7 Å². The van der Waals surface area contributed by atoms with Gasteiger partial charge in [-0.15, -0.1) is 0 Å². The van der Waals surface area contributed by atoms with Crippen molar-refractivity contribution < 1.29 is 25.8 Å². The summed E-state index contributed by atoms with van der Waals surface area (Å²) in [4.78, 5) is 0.192. The van der Waals surface area contributed by atoms with E-state index in [1.807, 2.05) is 12.1 Å². The summed E-state index contributed by atoms with van der Waals surface area (Å²) < 4.78 is 61.6. The molecule has 0 unspecified atom stereocenters. The van der Waals surface area contributed by atoms with Crippen LogP contribution in [-0.2, 0) is 36.8 Å². The van der Waals surface area contributed by atoms with Gasteiger partial charge in [0.05, 0.1) is 17.3 Å². The predicted molar refractivity (Wildman–Crippen MR) is 121 cm³/mol. The lowest BCUT2D eigenvalue weighted by atomic mass is 9.87. The van der Waals surface area contributed by atoms with Crippen molar-refractivity contribution in [2.24, 2.45) is 0 Å². The second-order valence-corrected chi connectivity index (χ2v) is 12.0. The highest BCUT2D eigenvalue weighted by molar-refractivity contribution is 7.89. The van der Waals surface area contributed by atoms with Crippen molar-refractivity contribution in [1.29, 1.82) is 0 Å². The third kappa shape index (κ3) is 7.03. The van der Waals surface area contributed by atoms with Crippen LogP contribution in [0.3, 0.4) is 0 Å². The van der Waals surface area contributed by atoms with Gasteiger partial charge in [0, 0.05) is 20.2 Å². The second kappa shape index (κ2) is 10.1. The van der Waals surface area contributed by atoms with Crippen LogP contribution in [0.15, 0.2) is 53.4 Å². The van der Waals surface area contributed by atoms with E-state index in [1.54, 1.807) is 24.3 Å². The normalized spacial score (nSPS) is 12.8. The quantitative estimate of drug-likeness (QED) is 0.494. The molecular weight excluding hydrogens is 438 g/mol. The number of ether oxygens (including phenoxy) is 1. The molecule has 0 fully saturated rings. The summed E-state index contributed by atoms with van der Waals surface area (Å²) in [7, 11) is -5.96. The molecule has 0 spiro atoms. The van der Waals surface area contributed by atoms with Crippen molar-refractivity contribution in [3.05, 3.63) is 59.7 Å². The minimum atomic E-state index is -3.79. The van der Waals surface area contributed by atoms with E-state index < -0.39 is 20.1 Å². The predicted octanol–water partition coefficient (Wildman–Crippen LogP) is 3.55. The number of rotatable bonds is 10. The number of hydrogen-bond acceptors (Lipinski definition) is 6. The van der Waals surface area contributed by atoms with Crippen molar-refractivity contribution in [2.45, 2.75) is 44.6 Å². The molecule has 2 aromatic rings. The fourth-order valence-corrected chi connectivity index (χ4v) is 4.78. The molecule has 0 aliphatic heterocycles. The van der Waals surface area contributed by atoms with E-state index in [0.717, 1.165) is 5.56 Å². The summed E-state index contributed by atoms with van der Waals surface area (Å²) in [5.74, 6) is -0.00572. The Balaban J connectivity index is 2.33. The van der Waals surface area contributed by atoms with Crippen LogP contribution in [0.2, 0.25) is 0 Å². The number of benzene rings is 2. The van der Waals surface area contributed by atoms with E-state index in [0.29, 0.717) is 5.56 Å². The van der Waals surface area contributed by atoms with Gasteiger partial charge in [0.1, 0.15) is 5.75 Å². The lowest BCUT2D eigenvalue weighted by molar-refractivity contribution is 0.177. The summed E-state index contributed by atoms with van der Waals surface area (Å²) in [6.07, 6.45) is 0. The van der Waals surface area contributed by atoms with Gasteiger partial charge >= 0.3 is 10.1 Å². The van der Waals surface area contributed by atoms with Crippen LogP contribution in [0.5, 0.6) is 5.75 Å². The van der Waals surface area contributed by atoms with Gasteiger partial charge < -0.3 is 8.92 Å². The zero-order valence-corrected chi connectivity index (χ0v) is 20.3. The minimum Gasteiger partial charge on any atom is -0.383 e. The third-order valence-corrected chi connectivity index (χ3v) is 7.75. The Morgan fingerprint density at radius 2 is 1.61 bits per heavy atom. The fourth-order valence-electron chi connectivity index (χ4n) is 2.86. The first-order valence-corrected chi connectivity index (χ1v) is 13.0. The van der Waals surface area contributed by atoms with Gasteiger partial charge in [0.25, 0.3) is 0 Å². The van der Waals surface area contributed by atoms with E-state index in [-0.39, 0.29) is 41.5 Å². The molecule has 0 heterocycles. The fraction of sp³-hybridized carbons (Fsp3) is 0.455. The van der Waals surface area contributed by atoms with Crippen LogP contribution < -0.4 is 4.18 Å². The molecule has 0 amide bonds. The van der Waals surface area contributed by atoms with Gasteiger partial charge in [-0.25, -0.2) is 8.42 Å². The van der Waals surface area contributed by atoms with E-state index in [1.165, 1.54) is 30.5 Å². The maximum absolute atomic E-state index is 13.3. The molecule has 0 saturated heterocycles. The second-order valence-electron chi connectivity index (χ2n) is 8.18. The molecule has 9 heteroatoms. The SMILES string of the molecule is CCS(=O)(=O)Oc1cccc(CN(CCOC)S(=O)(=O)c2ccc(C(C)(C)C)cc2)c1. The number of hydrogen-bond donors (Lipinski definition) is 0.